The molecule has 1 fully saturated rings. The second-order valence-electron chi connectivity index (χ2n) is 6.38. The minimum absolute atomic E-state index is 0.143. The van der Waals surface area contributed by atoms with Crippen LogP contribution in [0.3, 0.4) is 0 Å². The van der Waals surface area contributed by atoms with Crippen molar-refractivity contribution in [3.8, 4) is 0 Å². The molecule has 2 aromatic heterocycles. The largest absolute Gasteiger partial charge is 0.353 e. The Hall–Kier alpha value is -1.85. The monoisotopic (exact) mass is 275 g/mol. The van der Waals surface area contributed by atoms with Crippen LogP contribution in [0.4, 0.5) is 5.95 Å². The maximum Gasteiger partial charge on any atom is 0.263 e. The average molecular weight is 275 g/mol. The molecule has 2 unspecified atom stereocenters. The van der Waals surface area contributed by atoms with Gasteiger partial charge < -0.3 is 5.32 Å². The minimum Gasteiger partial charge on any atom is -0.353 e. The van der Waals surface area contributed by atoms with Crippen molar-refractivity contribution in [3.05, 3.63) is 16.6 Å². The molecule has 0 aromatic carbocycles. The number of aromatic amines is 1. The molecule has 0 amide bonds. The molecule has 6 nitrogen and oxygen atoms in total. The van der Waals surface area contributed by atoms with Crippen LogP contribution in [-0.2, 0) is 7.05 Å². The quantitative estimate of drug-likeness (QED) is 0.893. The van der Waals surface area contributed by atoms with Crippen molar-refractivity contribution in [2.75, 3.05) is 5.32 Å². The molecule has 2 heterocycles. The molecule has 2 N–H and O–H groups in total. The normalized spacial score (nSPS) is 21.9. The molecule has 1 saturated carbocycles. The Morgan fingerprint density at radius 3 is 2.90 bits per heavy atom. The van der Waals surface area contributed by atoms with E-state index in [1.807, 2.05) is 0 Å². The summed E-state index contributed by atoms with van der Waals surface area (Å²) in [4.78, 5) is 19.3. The van der Waals surface area contributed by atoms with E-state index in [4.69, 9.17) is 0 Å². The van der Waals surface area contributed by atoms with Gasteiger partial charge in [-0.1, -0.05) is 20.8 Å². The first-order chi connectivity index (χ1) is 9.42. The summed E-state index contributed by atoms with van der Waals surface area (Å²) in [5.74, 6) is 1.18. The zero-order valence-corrected chi connectivity index (χ0v) is 12.4. The third-order valence-electron chi connectivity index (χ3n) is 4.44. The van der Waals surface area contributed by atoms with Gasteiger partial charge in [-0.3, -0.25) is 14.5 Å². The Kier molecular flexibility index (Phi) is 2.84. The topological polar surface area (TPSA) is 75.6 Å². The Bertz CT molecular complexity index is 699. The summed E-state index contributed by atoms with van der Waals surface area (Å²) in [6.07, 6.45) is 3.78. The van der Waals surface area contributed by atoms with Crippen LogP contribution in [-0.4, -0.2) is 25.8 Å². The van der Waals surface area contributed by atoms with E-state index in [0.29, 0.717) is 34.4 Å². The number of aryl methyl sites for hydroxylation is 1. The maximum absolute atomic E-state index is 12.0. The van der Waals surface area contributed by atoms with Gasteiger partial charge in [-0.05, 0) is 24.2 Å². The van der Waals surface area contributed by atoms with Crippen LogP contribution in [0.1, 0.15) is 33.6 Å². The van der Waals surface area contributed by atoms with Crippen molar-refractivity contribution in [3.63, 3.8) is 0 Å². The van der Waals surface area contributed by atoms with Gasteiger partial charge in [0.05, 0.1) is 6.20 Å². The second-order valence-corrected chi connectivity index (χ2v) is 6.38. The molecular formula is C14H21N5O. The first-order valence-corrected chi connectivity index (χ1v) is 7.11. The van der Waals surface area contributed by atoms with Gasteiger partial charge in [-0.2, -0.15) is 10.1 Å². The van der Waals surface area contributed by atoms with Gasteiger partial charge in [0.1, 0.15) is 5.39 Å². The van der Waals surface area contributed by atoms with Crippen LogP contribution in [0.2, 0.25) is 0 Å². The predicted molar refractivity (Wildman–Crippen MR) is 78.7 cm³/mol. The van der Waals surface area contributed by atoms with Crippen LogP contribution in [0.15, 0.2) is 11.0 Å². The molecule has 20 heavy (non-hydrogen) atoms. The van der Waals surface area contributed by atoms with Crippen LogP contribution >= 0.6 is 0 Å². The lowest BCUT2D eigenvalue weighted by Gasteiger charge is -2.18. The summed E-state index contributed by atoms with van der Waals surface area (Å²) in [5, 5.41) is 7.99. The smallest absolute Gasteiger partial charge is 0.263 e. The molecule has 2 aromatic rings. The van der Waals surface area contributed by atoms with Gasteiger partial charge in [0, 0.05) is 13.1 Å². The Labute approximate surface area is 117 Å². The van der Waals surface area contributed by atoms with E-state index in [9.17, 15) is 4.79 Å². The van der Waals surface area contributed by atoms with E-state index in [2.05, 4.69) is 41.2 Å². The van der Waals surface area contributed by atoms with Gasteiger partial charge in [0.25, 0.3) is 5.56 Å². The molecule has 0 saturated heterocycles. The third kappa shape index (κ3) is 2.09. The van der Waals surface area contributed by atoms with Crippen LogP contribution in [0, 0.1) is 11.3 Å². The highest BCUT2D eigenvalue weighted by Gasteiger charge is 2.49. The highest BCUT2D eigenvalue weighted by molar-refractivity contribution is 5.74. The lowest BCUT2D eigenvalue weighted by molar-refractivity contribution is 0.488. The second kappa shape index (κ2) is 4.33. The summed E-state index contributed by atoms with van der Waals surface area (Å²) in [7, 11) is 1.79. The van der Waals surface area contributed by atoms with Gasteiger partial charge in [-0.25, -0.2) is 0 Å². The fourth-order valence-corrected chi connectivity index (χ4v) is 2.96. The van der Waals surface area contributed by atoms with E-state index < -0.39 is 0 Å². The van der Waals surface area contributed by atoms with Crippen molar-refractivity contribution in [2.45, 2.75) is 39.7 Å². The first-order valence-electron chi connectivity index (χ1n) is 7.11. The summed E-state index contributed by atoms with van der Waals surface area (Å²) in [6, 6.07) is 0.346. The van der Waals surface area contributed by atoms with E-state index in [1.165, 1.54) is 6.42 Å². The molecule has 1 aliphatic carbocycles. The number of aromatic nitrogens is 4. The summed E-state index contributed by atoms with van der Waals surface area (Å²) in [5.41, 5.74) is 0.863. The van der Waals surface area contributed by atoms with Crippen LogP contribution in [0.25, 0.3) is 11.0 Å². The van der Waals surface area contributed by atoms with Crippen molar-refractivity contribution in [1.82, 2.24) is 19.7 Å². The maximum atomic E-state index is 12.0. The highest BCUT2D eigenvalue weighted by atomic mass is 16.1. The minimum atomic E-state index is -0.143. The van der Waals surface area contributed by atoms with Gasteiger partial charge >= 0.3 is 0 Å². The number of nitrogens with zero attached hydrogens (tertiary/aromatic N) is 3. The number of rotatable bonds is 4. The molecule has 0 spiro atoms. The Balaban J connectivity index is 1.90. The van der Waals surface area contributed by atoms with Crippen molar-refractivity contribution < 1.29 is 0 Å². The predicted octanol–water partition coefficient (Wildman–Crippen LogP) is 1.89. The van der Waals surface area contributed by atoms with Crippen molar-refractivity contribution >= 4 is 17.0 Å². The van der Waals surface area contributed by atoms with Crippen LogP contribution < -0.4 is 10.9 Å². The zero-order valence-electron chi connectivity index (χ0n) is 12.4. The lowest BCUT2D eigenvalue weighted by Crippen LogP contribution is -2.26. The average Bonchev–Trinajstić information content (AvgIpc) is 2.85. The highest BCUT2D eigenvalue weighted by Crippen LogP contribution is 2.54. The fourth-order valence-electron chi connectivity index (χ4n) is 2.96. The summed E-state index contributed by atoms with van der Waals surface area (Å²) >= 11 is 0. The number of anilines is 1. The number of nitrogens with one attached hydrogen (secondary N) is 2. The fraction of sp³-hybridized carbons (Fsp3) is 0.643. The number of hydrogen-bond acceptors (Lipinski definition) is 4. The van der Waals surface area contributed by atoms with E-state index in [0.717, 1.165) is 6.42 Å². The molecule has 6 heteroatoms. The molecule has 0 aliphatic heterocycles. The molecule has 1 aliphatic rings. The van der Waals surface area contributed by atoms with Gasteiger partial charge in [0.15, 0.2) is 5.65 Å². The molecule has 108 valence electrons. The van der Waals surface area contributed by atoms with Crippen LogP contribution in [0.5, 0.6) is 0 Å². The zero-order chi connectivity index (χ0) is 14.5. The molecule has 2 atom stereocenters. The molecule has 0 radical (unpaired) electrons. The first kappa shape index (κ1) is 13.1. The number of fused-ring (bicyclic) bond motifs is 1. The third-order valence-corrected chi connectivity index (χ3v) is 4.44. The SMILES string of the molecule is CCC(Nc1nc2c(cnn2C)c(=O)[nH]1)C1CC1(C)C. The van der Waals surface area contributed by atoms with Crippen molar-refractivity contribution in [1.29, 1.82) is 0 Å². The van der Waals surface area contributed by atoms with Gasteiger partial charge in [0.2, 0.25) is 5.95 Å². The Morgan fingerprint density at radius 2 is 2.30 bits per heavy atom. The van der Waals surface area contributed by atoms with Crippen molar-refractivity contribution in [2.24, 2.45) is 18.4 Å². The van der Waals surface area contributed by atoms with Gasteiger partial charge in [-0.15, -0.1) is 0 Å². The standard InChI is InChI=1S/C14H21N5O/c1-5-10(9-6-14(9,2)3)16-13-17-11-8(12(20)18-13)7-15-19(11)4/h7,9-10H,5-6H2,1-4H3,(H2,16,17,18,20). The van der Waals surface area contributed by atoms with E-state index in [-0.39, 0.29) is 5.56 Å². The van der Waals surface area contributed by atoms with E-state index in [1.54, 1.807) is 17.9 Å². The molecule has 3 rings (SSSR count). The number of H-pyrrole nitrogens is 1. The van der Waals surface area contributed by atoms with E-state index >= 15 is 0 Å². The molecule has 0 bridgehead atoms. The lowest BCUT2D eigenvalue weighted by atomic mass is 10.0. The summed E-state index contributed by atoms with van der Waals surface area (Å²) in [6.45, 7) is 6.72. The Morgan fingerprint density at radius 1 is 1.60 bits per heavy atom. The molecular weight excluding hydrogens is 254 g/mol. The number of hydrogen-bond donors (Lipinski definition) is 2. The summed E-state index contributed by atoms with van der Waals surface area (Å²) < 4.78 is 1.62.